The Hall–Kier alpha value is -2.67. The minimum atomic E-state index is 0.0746. The molecule has 0 bridgehead atoms. The third kappa shape index (κ3) is 4.42. The lowest BCUT2D eigenvalue weighted by Gasteiger charge is -2.27. The summed E-state index contributed by atoms with van der Waals surface area (Å²) in [6, 6.07) is 8.13. The fourth-order valence-corrected chi connectivity index (χ4v) is 3.67. The monoisotopic (exact) mass is 382 g/mol. The SMILES string of the molecule is CN(CC1CCCCO1)C(=O)CCc1nnc(Cc2c[nH]c3ccccc23)o1. The van der Waals surface area contributed by atoms with Crippen LogP contribution in [0.5, 0.6) is 0 Å². The van der Waals surface area contributed by atoms with E-state index >= 15 is 0 Å². The van der Waals surface area contributed by atoms with Gasteiger partial charge in [0.25, 0.3) is 0 Å². The Kier molecular flexibility index (Phi) is 5.71. The number of aryl methyl sites for hydroxylation is 1. The molecule has 1 aromatic carbocycles. The first-order valence-corrected chi connectivity index (χ1v) is 9.91. The number of likely N-dealkylation sites (N-methyl/N-ethyl adjacent to an activating group) is 1. The van der Waals surface area contributed by atoms with E-state index in [1.807, 2.05) is 31.4 Å². The molecule has 0 saturated carbocycles. The molecular weight excluding hydrogens is 356 g/mol. The fourth-order valence-electron chi connectivity index (χ4n) is 3.67. The van der Waals surface area contributed by atoms with Crippen molar-refractivity contribution in [2.24, 2.45) is 0 Å². The van der Waals surface area contributed by atoms with Crippen molar-refractivity contribution in [1.29, 1.82) is 0 Å². The first-order chi connectivity index (χ1) is 13.7. The molecule has 2 aromatic heterocycles. The number of ether oxygens (including phenoxy) is 1. The van der Waals surface area contributed by atoms with Crippen molar-refractivity contribution in [3.8, 4) is 0 Å². The van der Waals surface area contributed by atoms with E-state index in [0.717, 1.165) is 35.9 Å². The van der Waals surface area contributed by atoms with Crippen LogP contribution in [0, 0.1) is 0 Å². The van der Waals surface area contributed by atoms with Crippen LogP contribution in [0.2, 0.25) is 0 Å². The van der Waals surface area contributed by atoms with Crippen LogP contribution in [-0.4, -0.2) is 52.3 Å². The second-order valence-corrected chi connectivity index (χ2v) is 7.39. The first-order valence-electron chi connectivity index (χ1n) is 9.91. The molecule has 3 aromatic rings. The summed E-state index contributed by atoms with van der Waals surface area (Å²) in [7, 11) is 1.83. The second kappa shape index (κ2) is 8.56. The van der Waals surface area contributed by atoms with E-state index in [-0.39, 0.29) is 12.0 Å². The summed E-state index contributed by atoms with van der Waals surface area (Å²) in [5, 5.41) is 9.40. The molecular formula is C21H26N4O3. The highest BCUT2D eigenvalue weighted by Crippen LogP contribution is 2.20. The number of carbonyl (C=O) groups is 1. The molecule has 0 aliphatic carbocycles. The average molecular weight is 382 g/mol. The normalized spacial score (nSPS) is 17.1. The van der Waals surface area contributed by atoms with Gasteiger partial charge in [-0.1, -0.05) is 18.2 Å². The Labute approximate surface area is 164 Å². The van der Waals surface area contributed by atoms with E-state index in [1.54, 1.807) is 4.90 Å². The molecule has 7 nitrogen and oxygen atoms in total. The van der Waals surface area contributed by atoms with Gasteiger partial charge in [-0.05, 0) is 30.9 Å². The zero-order valence-corrected chi connectivity index (χ0v) is 16.2. The number of para-hydroxylation sites is 1. The van der Waals surface area contributed by atoms with E-state index in [4.69, 9.17) is 9.15 Å². The summed E-state index contributed by atoms with van der Waals surface area (Å²) >= 11 is 0. The predicted molar refractivity (Wildman–Crippen MR) is 105 cm³/mol. The van der Waals surface area contributed by atoms with Crippen LogP contribution in [0.3, 0.4) is 0 Å². The highest BCUT2D eigenvalue weighted by atomic mass is 16.5. The zero-order valence-electron chi connectivity index (χ0n) is 16.2. The lowest BCUT2D eigenvalue weighted by Crippen LogP contribution is -2.37. The van der Waals surface area contributed by atoms with Gasteiger partial charge in [0, 0.05) is 50.1 Å². The van der Waals surface area contributed by atoms with Gasteiger partial charge in [0.1, 0.15) is 0 Å². The lowest BCUT2D eigenvalue weighted by atomic mass is 10.1. The topological polar surface area (TPSA) is 84.2 Å². The number of fused-ring (bicyclic) bond motifs is 1. The molecule has 1 aliphatic rings. The maximum Gasteiger partial charge on any atom is 0.222 e. The van der Waals surface area contributed by atoms with Crippen molar-refractivity contribution in [2.45, 2.75) is 44.6 Å². The number of rotatable bonds is 7. The summed E-state index contributed by atoms with van der Waals surface area (Å²) in [4.78, 5) is 17.4. The highest BCUT2D eigenvalue weighted by molar-refractivity contribution is 5.83. The molecule has 0 spiro atoms. The van der Waals surface area contributed by atoms with E-state index in [1.165, 1.54) is 6.42 Å². The quantitative estimate of drug-likeness (QED) is 0.679. The molecule has 1 N–H and O–H groups in total. The van der Waals surface area contributed by atoms with Gasteiger partial charge in [0.05, 0.1) is 12.5 Å². The van der Waals surface area contributed by atoms with Crippen molar-refractivity contribution in [1.82, 2.24) is 20.1 Å². The summed E-state index contributed by atoms with van der Waals surface area (Å²) in [6.07, 6.45) is 6.84. The van der Waals surface area contributed by atoms with Gasteiger partial charge < -0.3 is 19.0 Å². The number of nitrogens with one attached hydrogen (secondary N) is 1. The minimum absolute atomic E-state index is 0.0746. The number of aromatic amines is 1. The van der Waals surface area contributed by atoms with Gasteiger partial charge in [0.2, 0.25) is 17.7 Å². The smallest absolute Gasteiger partial charge is 0.222 e. The summed E-state index contributed by atoms with van der Waals surface area (Å²) < 4.78 is 11.5. The van der Waals surface area contributed by atoms with Crippen molar-refractivity contribution in [3.63, 3.8) is 0 Å². The van der Waals surface area contributed by atoms with E-state index in [2.05, 4.69) is 21.2 Å². The van der Waals surface area contributed by atoms with E-state index in [9.17, 15) is 4.79 Å². The number of hydrogen-bond acceptors (Lipinski definition) is 5. The average Bonchev–Trinajstić information content (AvgIpc) is 3.34. The maximum absolute atomic E-state index is 12.4. The van der Waals surface area contributed by atoms with Crippen molar-refractivity contribution in [2.75, 3.05) is 20.2 Å². The number of aromatic nitrogens is 3. The Morgan fingerprint density at radius 1 is 1.25 bits per heavy atom. The molecule has 0 radical (unpaired) electrons. The number of H-pyrrole nitrogens is 1. The van der Waals surface area contributed by atoms with Gasteiger partial charge in [-0.15, -0.1) is 10.2 Å². The molecule has 148 valence electrons. The largest absolute Gasteiger partial charge is 0.425 e. The molecule has 1 aliphatic heterocycles. The predicted octanol–water partition coefficient (Wildman–Crippen LogP) is 3.10. The molecule has 1 amide bonds. The third-order valence-electron chi connectivity index (χ3n) is 5.26. The molecule has 4 rings (SSSR count). The van der Waals surface area contributed by atoms with Crippen molar-refractivity contribution >= 4 is 16.8 Å². The Balaban J connectivity index is 1.29. The summed E-state index contributed by atoms with van der Waals surface area (Å²) in [6.45, 7) is 1.45. The molecule has 1 fully saturated rings. The van der Waals surface area contributed by atoms with Crippen LogP contribution in [0.4, 0.5) is 0 Å². The van der Waals surface area contributed by atoms with E-state index in [0.29, 0.717) is 37.6 Å². The van der Waals surface area contributed by atoms with Crippen LogP contribution < -0.4 is 0 Å². The summed E-state index contributed by atoms with van der Waals surface area (Å²) in [5.74, 6) is 1.15. The number of hydrogen-bond donors (Lipinski definition) is 1. The van der Waals surface area contributed by atoms with Gasteiger partial charge in [0.15, 0.2) is 0 Å². The third-order valence-corrected chi connectivity index (χ3v) is 5.26. The molecule has 3 heterocycles. The van der Waals surface area contributed by atoms with Crippen LogP contribution in [-0.2, 0) is 22.4 Å². The van der Waals surface area contributed by atoms with Gasteiger partial charge in [-0.2, -0.15) is 0 Å². The molecule has 7 heteroatoms. The summed E-state index contributed by atoms with van der Waals surface area (Å²) in [5.41, 5.74) is 2.21. The molecule has 1 saturated heterocycles. The fraction of sp³-hybridized carbons (Fsp3) is 0.476. The zero-order chi connectivity index (χ0) is 19.3. The van der Waals surface area contributed by atoms with Gasteiger partial charge in [-0.25, -0.2) is 0 Å². The standard InChI is InChI=1S/C21H26N4O3/c1-25(14-16-6-4-5-11-27-16)21(26)10-9-19-23-24-20(28-19)12-15-13-22-18-8-3-2-7-17(15)18/h2-3,7-8,13,16,22H,4-6,9-12,14H2,1H3. The Bertz CT molecular complexity index is 927. The van der Waals surface area contributed by atoms with Crippen molar-refractivity contribution < 1.29 is 13.9 Å². The Morgan fingerprint density at radius 2 is 2.11 bits per heavy atom. The van der Waals surface area contributed by atoms with Crippen molar-refractivity contribution in [3.05, 3.63) is 47.8 Å². The maximum atomic E-state index is 12.4. The van der Waals surface area contributed by atoms with E-state index < -0.39 is 0 Å². The van der Waals surface area contributed by atoms with Crippen LogP contribution in [0.15, 0.2) is 34.9 Å². The van der Waals surface area contributed by atoms with Crippen LogP contribution in [0.1, 0.15) is 43.0 Å². The first kappa shape index (κ1) is 18.7. The number of nitrogens with zero attached hydrogens (tertiary/aromatic N) is 3. The molecule has 1 atom stereocenters. The minimum Gasteiger partial charge on any atom is -0.425 e. The second-order valence-electron chi connectivity index (χ2n) is 7.39. The lowest BCUT2D eigenvalue weighted by molar-refractivity contribution is -0.132. The number of amides is 1. The molecule has 1 unspecified atom stereocenters. The number of carbonyl (C=O) groups excluding carboxylic acids is 1. The highest BCUT2D eigenvalue weighted by Gasteiger charge is 2.19. The number of benzene rings is 1. The molecule has 28 heavy (non-hydrogen) atoms. The van der Waals surface area contributed by atoms with Gasteiger partial charge >= 0.3 is 0 Å². The Morgan fingerprint density at radius 3 is 2.96 bits per heavy atom. The van der Waals surface area contributed by atoms with Crippen LogP contribution >= 0.6 is 0 Å². The van der Waals surface area contributed by atoms with Gasteiger partial charge in [-0.3, -0.25) is 4.79 Å². The van der Waals surface area contributed by atoms with Crippen LogP contribution in [0.25, 0.3) is 10.9 Å².